The molecular formula is C9H12NO6P. The van der Waals surface area contributed by atoms with Crippen molar-refractivity contribution in [2.45, 2.75) is 6.92 Å². The zero-order chi connectivity index (χ0) is 13.5. The molecule has 1 aromatic rings. The Labute approximate surface area is 97.4 Å². The van der Waals surface area contributed by atoms with Crippen LogP contribution in [-0.4, -0.2) is 21.7 Å². The van der Waals surface area contributed by atoms with Crippen molar-refractivity contribution in [2.24, 2.45) is 5.73 Å². The molecule has 0 aromatic heterocycles. The Morgan fingerprint density at radius 3 is 2.00 bits per heavy atom. The predicted molar refractivity (Wildman–Crippen MR) is 58.8 cm³/mol. The summed E-state index contributed by atoms with van der Waals surface area (Å²) in [6, 6.07) is 7.61. The molecule has 1 amide bonds. The molecule has 0 aliphatic carbocycles. The van der Waals surface area contributed by atoms with Crippen molar-refractivity contribution >= 4 is 19.7 Å². The van der Waals surface area contributed by atoms with E-state index in [1.54, 1.807) is 18.2 Å². The third-order valence-corrected chi connectivity index (χ3v) is 1.61. The normalized spacial score (nSPS) is 9.82. The van der Waals surface area contributed by atoms with E-state index in [2.05, 4.69) is 10.3 Å². The number of hydrogen-bond donors (Lipinski definition) is 3. The Morgan fingerprint density at radius 2 is 1.65 bits per heavy atom. The summed E-state index contributed by atoms with van der Waals surface area (Å²) in [4.78, 5) is 36.8. The monoisotopic (exact) mass is 261 g/mol. The van der Waals surface area contributed by atoms with Crippen molar-refractivity contribution in [2.75, 3.05) is 0 Å². The lowest BCUT2D eigenvalue weighted by Crippen LogP contribution is -2.02. The van der Waals surface area contributed by atoms with Crippen LogP contribution in [0.15, 0.2) is 30.3 Å². The maximum Gasteiger partial charge on any atom is 0.527 e. The first-order valence-corrected chi connectivity index (χ1v) is 5.86. The van der Waals surface area contributed by atoms with Gasteiger partial charge in [-0.3, -0.25) is 14.6 Å². The highest BCUT2D eigenvalue weighted by Gasteiger charge is 2.21. The Bertz CT molecular complexity index is 422. The number of rotatable bonds is 2. The predicted octanol–water partition coefficient (Wildman–Crippen LogP) is 0.428. The number of primary amides is 1. The standard InChI is InChI=1S/C7H7O5P.C2H5NO/c8-7(12-13(9,10)11)6-4-2-1-3-5-6;1-2(3)4/h1-5H,(H2,9,10,11);1H3,(H2,3,4). The molecule has 7 nitrogen and oxygen atoms in total. The summed E-state index contributed by atoms with van der Waals surface area (Å²) >= 11 is 0. The second-order valence-electron chi connectivity index (χ2n) is 2.85. The van der Waals surface area contributed by atoms with Crippen LogP contribution in [0.1, 0.15) is 17.3 Å². The number of carbonyl (C=O) groups is 2. The summed E-state index contributed by atoms with van der Waals surface area (Å²) in [7, 11) is -4.74. The van der Waals surface area contributed by atoms with Crippen molar-refractivity contribution < 1.29 is 28.5 Å². The van der Waals surface area contributed by atoms with Crippen molar-refractivity contribution in [3.8, 4) is 0 Å². The fraction of sp³-hybridized carbons (Fsp3) is 0.111. The molecule has 1 aromatic carbocycles. The van der Waals surface area contributed by atoms with Gasteiger partial charge in [-0.1, -0.05) is 18.2 Å². The zero-order valence-corrected chi connectivity index (χ0v) is 9.83. The Kier molecular flexibility index (Phi) is 6.12. The van der Waals surface area contributed by atoms with E-state index in [9.17, 15) is 14.2 Å². The van der Waals surface area contributed by atoms with Gasteiger partial charge < -0.3 is 10.3 Å². The number of phosphoric acid groups is 1. The molecular weight excluding hydrogens is 249 g/mol. The van der Waals surface area contributed by atoms with Crippen LogP contribution in [0.5, 0.6) is 0 Å². The van der Waals surface area contributed by atoms with E-state index in [0.29, 0.717) is 0 Å². The molecule has 0 heterocycles. The van der Waals surface area contributed by atoms with Crippen LogP contribution in [-0.2, 0) is 13.9 Å². The molecule has 0 unspecified atom stereocenters. The molecule has 1 rings (SSSR count). The van der Waals surface area contributed by atoms with E-state index in [1.807, 2.05) is 0 Å². The minimum absolute atomic E-state index is 0.103. The van der Waals surface area contributed by atoms with Gasteiger partial charge >= 0.3 is 13.8 Å². The van der Waals surface area contributed by atoms with Gasteiger partial charge in [0.1, 0.15) is 0 Å². The lowest BCUT2D eigenvalue weighted by atomic mass is 10.2. The van der Waals surface area contributed by atoms with Crippen molar-refractivity contribution in [3.05, 3.63) is 35.9 Å². The summed E-state index contributed by atoms with van der Waals surface area (Å²) in [5, 5.41) is 0. The maximum atomic E-state index is 10.9. The molecule has 0 aliphatic heterocycles. The van der Waals surface area contributed by atoms with Crippen molar-refractivity contribution in [1.29, 1.82) is 0 Å². The molecule has 0 saturated heterocycles. The van der Waals surface area contributed by atoms with Gasteiger partial charge in [-0.25, -0.2) is 9.36 Å². The smallest absolute Gasteiger partial charge is 0.370 e. The molecule has 0 bridgehead atoms. The molecule has 0 atom stereocenters. The summed E-state index contributed by atoms with van der Waals surface area (Å²) in [6.45, 7) is 1.31. The van der Waals surface area contributed by atoms with Gasteiger partial charge in [0, 0.05) is 6.92 Å². The molecule has 94 valence electrons. The van der Waals surface area contributed by atoms with Crippen molar-refractivity contribution in [1.82, 2.24) is 0 Å². The van der Waals surface area contributed by atoms with Gasteiger partial charge in [0.15, 0.2) is 0 Å². The first-order chi connectivity index (χ1) is 7.72. The van der Waals surface area contributed by atoms with Gasteiger partial charge in [-0.05, 0) is 12.1 Å². The second kappa shape index (κ2) is 6.80. The number of phosphoric ester groups is 1. The van der Waals surface area contributed by atoms with Gasteiger partial charge in [-0.2, -0.15) is 0 Å². The highest BCUT2D eigenvalue weighted by molar-refractivity contribution is 7.46. The third kappa shape index (κ3) is 9.25. The number of benzene rings is 1. The minimum atomic E-state index is -4.74. The number of amides is 1. The fourth-order valence-electron chi connectivity index (χ4n) is 0.735. The number of carbonyl (C=O) groups excluding carboxylic acids is 2. The molecule has 8 heteroatoms. The van der Waals surface area contributed by atoms with Crippen LogP contribution in [0.3, 0.4) is 0 Å². The first kappa shape index (κ1) is 15.3. The lowest BCUT2D eigenvalue weighted by molar-refractivity contribution is -0.115. The minimum Gasteiger partial charge on any atom is -0.370 e. The molecule has 0 radical (unpaired) electrons. The molecule has 0 saturated carbocycles. The third-order valence-electron chi connectivity index (χ3n) is 1.21. The van der Waals surface area contributed by atoms with E-state index in [-0.39, 0.29) is 11.5 Å². The Balaban J connectivity index is 0.000000557. The van der Waals surface area contributed by atoms with E-state index < -0.39 is 13.8 Å². The number of nitrogens with two attached hydrogens (primary N) is 1. The van der Waals surface area contributed by atoms with E-state index in [4.69, 9.17) is 9.79 Å². The van der Waals surface area contributed by atoms with Crippen LogP contribution in [0.4, 0.5) is 0 Å². The highest BCUT2D eigenvalue weighted by atomic mass is 31.2. The van der Waals surface area contributed by atoms with Gasteiger partial charge in [0.05, 0.1) is 5.56 Å². The van der Waals surface area contributed by atoms with Gasteiger partial charge in [-0.15, -0.1) is 0 Å². The van der Waals surface area contributed by atoms with Crippen LogP contribution < -0.4 is 5.73 Å². The highest BCUT2D eigenvalue weighted by Crippen LogP contribution is 2.36. The Hall–Kier alpha value is -1.69. The SMILES string of the molecule is CC(N)=O.O=C(OP(=O)(O)O)c1ccccc1. The second-order valence-corrected chi connectivity index (χ2v) is 4.01. The summed E-state index contributed by atoms with van der Waals surface area (Å²) < 4.78 is 14.1. The molecule has 4 N–H and O–H groups in total. The zero-order valence-electron chi connectivity index (χ0n) is 8.94. The quantitative estimate of drug-likeness (QED) is 0.662. The molecule has 0 spiro atoms. The average Bonchev–Trinajstić information content (AvgIpc) is 2.15. The Morgan fingerprint density at radius 1 is 1.24 bits per heavy atom. The maximum absolute atomic E-state index is 10.9. The van der Waals surface area contributed by atoms with Crippen LogP contribution >= 0.6 is 7.82 Å². The van der Waals surface area contributed by atoms with E-state index in [0.717, 1.165) is 0 Å². The van der Waals surface area contributed by atoms with E-state index in [1.165, 1.54) is 19.1 Å². The van der Waals surface area contributed by atoms with Crippen LogP contribution in [0, 0.1) is 0 Å². The van der Waals surface area contributed by atoms with Gasteiger partial charge in [0.25, 0.3) is 0 Å². The van der Waals surface area contributed by atoms with Crippen LogP contribution in [0.2, 0.25) is 0 Å². The summed E-state index contributed by atoms with van der Waals surface area (Å²) in [6.07, 6.45) is 0. The molecule has 0 aliphatic rings. The van der Waals surface area contributed by atoms with Crippen molar-refractivity contribution in [3.63, 3.8) is 0 Å². The summed E-state index contributed by atoms with van der Waals surface area (Å²) in [5.41, 5.74) is 4.57. The summed E-state index contributed by atoms with van der Waals surface area (Å²) in [5.74, 6) is -1.37. The average molecular weight is 261 g/mol. The molecule has 17 heavy (non-hydrogen) atoms. The van der Waals surface area contributed by atoms with E-state index >= 15 is 0 Å². The van der Waals surface area contributed by atoms with Crippen LogP contribution in [0.25, 0.3) is 0 Å². The van der Waals surface area contributed by atoms with Gasteiger partial charge in [0.2, 0.25) is 5.91 Å². The fourth-order valence-corrected chi connectivity index (χ4v) is 1.06. The number of hydrogen-bond acceptors (Lipinski definition) is 4. The topological polar surface area (TPSA) is 127 Å². The largest absolute Gasteiger partial charge is 0.527 e. The lowest BCUT2D eigenvalue weighted by Gasteiger charge is -2.03. The first-order valence-electron chi connectivity index (χ1n) is 4.33. The molecule has 0 fully saturated rings.